The molecule has 0 heterocycles. The van der Waals surface area contributed by atoms with E-state index in [2.05, 4.69) is 0 Å². The largest absolute Gasteiger partial charge is 0.396 e. The molecule has 1 atom stereocenters. The first-order valence-electron chi connectivity index (χ1n) is 6.48. The molecule has 17 heavy (non-hydrogen) atoms. The summed E-state index contributed by atoms with van der Waals surface area (Å²) in [6, 6.07) is 0. The predicted molar refractivity (Wildman–Crippen MR) is 69.5 cm³/mol. The molecule has 0 radical (unpaired) electrons. The molecule has 102 valence electrons. The van der Waals surface area contributed by atoms with Crippen molar-refractivity contribution in [3.8, 4) is 0 Å². The quantitative estimate of drug-likeness (QED) is 0.649. The summed E-state index contributed by atoms with van der Waals surface area (Å²) >= 11 is 0. The Hall–Kier alpha value is -0.130. The van der Waals surface area contributed by atoms with Gasteiger partial charge in [0.15, 0.2) is 0 Å². The molecule has 0 aromatic heterocycles. The van der Waals surface area contributed by atoms with Crippen molar-refractivity contribution >= 4 is 9.84 Å². The number of sulfone groups is 1. The number of rotatable bonds is 9. The van der Waals surface area contributed by atoms with Crippen LogP contribution in [0.1, 0.15) is 39.0 Å². The summed E-state index contributed by atoms with van der Waals surface area (Å²) in [6.45, 7) is 2.19. The monoisotopic (exact) mass is 263 g/mol. The molecule has 5 heteroatoms. The third kappa shape index (κ3) is 4.94. The van der Waals surface area contributed by atoms with E-state index in [1.807, 2.05) is 0 Å². The number of hydrogen-bond acceptors (Lipinski definition) is 4. The molecule has 1 rings (SSSR count). The molecule has 0 saturated heterocycles. The fraction of sp³-hybridized carbons (Fsp3) is 1.00. The Morgan fingerprint density at radius 1 is 1.41 bits per heavy atom. The van der Waals surface area contributed by atoms with Crippen molar-refractivity contribution in [3.05, 3.63) is 0 Å². The maximum atomic E-state index is 11.4. The predicted octanol–water partition coefficient (Wildman–Crippen LogP) is 0.939. The van der Waals surface area contributed by atoms with E-state index in [9.17, 15) is 13.5 Å². The first-order valence-corrected chi connectivity index (χ1v) is 8.30. The molecule has 0 aromatic rings. The third-order valence-corrected chi connectivity index (χ3v) is 5.58. The summed E-state index contributed by atoms with van der Waals surface area (Å²) in [7, 11) is -2.89. The summed E-state index contributed by atoms with van der Waals surface area (Å²) < 4.78 is 22.8. The van der Waals surface area contributed by atoms with E-state index in [0.717, 1.165) is 12.8 Å². The molecule has 1 unspecified atom stereocenters. The van der Waals surface area contributed by atoms with E-state index in [1.54, 1.807) is 6.92 Å². The number of hydrogen-bond donors (Lipinski definition) is 2. The lowest BCUT2D eigenvalue weighted by Crippen LogP contribution is -2.35. The molecule has 0 amide bonds. The van der Waals surface area contributed by atoms with Crippen molar-refractivity contribution in [1.82, 2.24) is 0 Å². The third-order valence-electron chi connectivity index (χ3n) is 3.79. The van der Waals surface area contributed by atoms with Crippen LogP contribution in [-0.4, -0.2) is 38.2 Å². The fourth-order valence-corrected chi connectivity index (χ4v) is 3.11. The molecule has 1 saturated carbocycles. The first-order chi connectivity index (χ1) is 7.97. The van der Waals surface area contributed by atoms with Crippen LogP contribution in [0.25, 0.3) is 0 Å². The Bertz CT molecular complexity index is 319. The minimum atomic E-state index is -2.89. The van der Waals surface area contributed by atoms with Gasteiger partial charge < -0.3 is 10.8 Å². The number of nitrogens with two attached hydrogens (primary N) is 1. The highest BCUT2D eigenvalue weighted by Gasteiger charge is 2.35. The van der Waals surface area contributed by atoms with E-state index >= 15 is 0 Å². The highest BCUT2D eigenvalue weighted by molar-refractivity contribution is 7.91. The lowest BCUT2D eigenvalue weighted by atomic mass is 9.79. The van der Waals surface area contributed by atoms with Gasteiger partial charge in [0.2, 0.25) is 0 Å². The second kappa shape index (κ2) is 6.16. The molecule has 0 aromatic carbocycles. The Morgan fingerprint density at radius 3 is 2.47 bits per heavy atom. The van der Waals surface area contributed by atoms with Crippen LogP contribution in [-0.2, 0) is 9.84 Å². The average Bonchev–Trinajstić information content (AvgIpc) is 3.11. The first kappa shape index (κ1) is 14.9. The molecule has 3 N–H and O–H groups in total. The summed E-state index contributed by atoms with van der Waals surface area (Å²) in [6.07, 6.45) is 4.74. The van der Waals surface area contributed by atoms with Crippen molar-refractivity contribution < 1.29 is 13.5 Å². The minimum Gasteiger partial charge on any atom is -0.396 e. The van der Waals surface area contributed by atoms with Crippen molar-refractivity contribution in [2.75, 3.05) is 24.7 Å². The van der Waals surface area contributed by atoms with Gasteiger partial charge in [-0.05, 0) is 25.2 Å². The summed E-state index contributed by atoms with van der Waals surface area (Å²) in [5.41, 5.74) is 5.52. The summed E-state index contributed by atoms with van der Waals surface area (Å²) in [5.74, 6) is 1.12. The molecule has 1 aliphatic carbocycles. The van der Waals surface area contributed by atoms with Gasteiger partial charge in [-0.2, -0.15) is 0 Å². The standard InChI is InChI=1S/C12H25NO3S/c1-2-17(15,16)7-3-6-12(9-13,10-14)8-11-4-5-11/h11,14H,2-10,13H2,1H3. The highest BCUT2D eigenvalue weighted by Crippen LogP contribution is 2.42. The van der Waals surface area contributed by atoms with Crippen LogP contribution >= 0.6 is 0 Å². The van der Waals surface area contributed by atoms with Crippen LogP contribution in [0.2, 0.25) is 0 Å². The molecular formula is C12H25NO3S. The normalized spacial score (nSPS) is 20.2. The highest BCUT2D eigenvalue weighted by atomic mass is 32.2. The van der Waals surface area contributed by atoms with Crippen molar-refractivity contribution in [3.63, 3.8) is 0 Å². The Kier molecular flexibility index (Phi) is 5.41. The van der Waals surface area contributed by atoms with E-state index in [4.69, 9.17) is 5.73 Å². The summed E-state index contributed by atoms with van der Waals surface area (Å²) in [5, 5.41) is 9.51. The van der Waals surface area contributed by atoms with Crippen LogP contribution in [0, 0.1) is 11.3 Å². The van der Waals surface area contributed by atoms with Gasteiger partial charge in [-0.15, -0.1) is 0 Å². The molecule has 1 fully saturated rings. The van der Waals surface area contributed by atoms with Gasteiger partial charge in [0.05, 0.1) is 5.75 Å². The van der Waals surface area contributed by atoms with Crippen LogP contribution in [0.4, 0.5) is 0 Å². The lowest BCUT2D eigenvalue weighted by Gasteiger charge is -2.30. The van der Waals surface area contributed by atoms with E-state index in [0.29, 0.717) is 18.9 Å². The Labute approximate surface area is 105 Å². The Balaban J connectivity index is 2.43. The maximum absolute atomic E-state index is 11.4. The molecule has 0 bridgehead atoms. The molecule has 0 aliphatic heterocycles. The second-order valence-corrected chi connectivity index (χ2v) is 7.82. The van der Waals surface area contributed by atoms with E-state index < -0.39 is 9.84 Å². The topological polar surface area (TPSA) is 80.4 Å². The minimum absolute atomic E-state index is 0.0756. The van der Waals surface area contributed by atoms with Gasteiger partial charge in [0.1, 0.15) is 9.84 Å². The smallest absolute Gasteiger partial charge is 0.150 e. The van der Waals surface area contributed by atoms with Gasteiger partial charge >= 0.3 is 0 Å². The zero-order valence-electron chi connectivity index (χ0n) is 10.7. The van der Waals surface area contributed by atoms with Crippen molar-refractivity contribution in [2.45, 2.75) is 39.0 Å². The van der Waals surface area contributed by atoms with Gasteiger partial charge in [0.25, 0.3) is 0 Å². The second-order valence-electron chi connectivity index (χ2n) is 5.35. The average molecular weight is 263 g/mol. The van der Waals surface area contributed by atoms with Crippen LogP contribution in [0.15, 0.2) is 0 Å². The fourth-order valence-electron chi connectivity index (χ4n) is 2.24. The van der Waals surface area contributed by atoms with Gasteiger partial charge in [-0.1, -0.05) is 19.8 Å². The van der Waals surface area contributed by atoms with Crippen molar-refractivity contribution in [2.24, 2.45) is 17.1 Å². The van der Waals surface area contributed by atoms with Crippen LogP contribution < -0.4 is 5.73 Å². The zero-order chi connectivity index (χ0) is 12.9. The van der Waals surface area contributed by atoms with Crippen LogP contribution in [0.3, 0.4) is 0 Å². The van der Waals surface area contributed by atoms with E-state index in [-0.39, 0.29) is 23.5 Å². The summed E-state index contributed by atoms with van der Waals surface area (Å²) in [4.78, 5) is 0. The molecule has 4 nitrogen and oxygen atoms in total. The molecule has 1 aliphatic rings. The molecule has 0 spiro atoms. The van der Waals surface area contributed by atoms with Gasteiger partial charge in [-0.25, -0.2) is 8.42 Å². The van der Waals surface area contributed by atoms with E-state index in [1.165, 1.54) is 12.8 Å². The number of aliphatic hydroxyl groups is 1. The SMILES string of the molecule is CCS(=O)(=O)CCCC(CN)(CO)CC1CC1. The molecular weight excluding hydrogens is 238 g/mol. The lowest BCUT2D eigenvalue weighted by molar-refractivity contribution is 0.106. The van der Waals surface area contributed by atoms with Crippen molar-refractivity contribution in [1.29, 1.82) is 0 Å². The zero-order valence-corrected chi connectivity index (χ0v) is 11.5. The van der Waals surface area contributed by atoms with Gasteiger partial charge in [-0.3, -0.25) is 0 Å². The van der Waals surface area contributed by atoms with Crippen LogP contribution in [0.5, 0.6) is 0 Å². The number of aliphatic hydroxyl groups excluding tert-OH is 1. The maximum Gasteiger partial charge on any atom is 0.150 e. The Morgan fingerprint density at radius 2 is 2.06 bits per heavy atom. The van der Waals surface area contributed by atoms with Gasteiger partial charge in [0, 0.05) is 24.3 Å².